The summed E-state index contributed by atoms with van der Waals surface area (Å²) >= 11 is 6.05. The van der Waals surface area contributed by atoms with Gasteiger partial charge in [0.25, 0.3) is 0 Å². The predicted octanol–water partition coefficient (Wildman–Crippen LogP) is 4.48. The normalized spacial score (nSPS) is 16.3. The lowest BCUT2D eigenvalue weighted by atomic mass is 9.89. The molecular formula is C16H10ClN. The van der Waals surface area contributed by atoms with E-state index in [9.17, 15) is 5.26 Å². The van der Waals surface area contributed by atoms with Crippen molar-refractivity contribution in [3.63, 3.8) is 0 Å². The van der Waals surface area contributed by atoms with Gasteiger partial charge >= 0.3 is 0 Å². The molecule has 2 heteroatoms. The molecule has 0 spiro atoms. The van der Waals surface area contributed by atoms with Gasteiger partial charge in [0.05, 0.1) is 12.0 Å². The average Bonchev–Trinajstić information content (AvgIpc) is 2.54. The van der Waals surface area contributed by atoms with Crippen LogP contribution in [0.3, 0.4) is 0 Å². The van der Waals surface area contributed by atoms with Crippen LogP contribution in [0.5, 0.6) is 0 Å². The molecule has 0 heterocycles. The standard InChI is InChI=1S/C16H10ClN/c17-13-8-7-12-6-5-11-3-1-2-4-14(11)16(10-18)15(12)9-13/h1-9,16H/t16-/m1/s1. The Kier molecular flexibility index (Phi) is 2.66. The largest absolute Gasteiger partial charge is 0.197 e. The zero-order valence-corrected chi connectivity index (χ0v) is 10.4. The van der Waals surface area contributed by atoms with Gasteiger partial charge in [0.2, 0.25) is 0 Å². The highest BCUT2D eigenvalue weighted by atomic mass is 35.5. The van der Waals surface area contributed by atoms with Crippen molar-refractivity contribution in [2.24, 2.45) is 0 Å². The highest BCUT2D eigenvalue weighted by molar-refractivity contribution is 6.30. The Morgan fingerprint density at radius 1 is 0.944 bits per heavy atom. The Labute approximate surface area is 111 Å². The quantitative estimate of drug-likeness (QED) is 0.677. The molecule has 0 fully saturated rings. The maximum Gasteiger partial charge on any atom is 0.0974 e. The second kappa shape index (κ2) is 4.33. The average molecular weight is 252 g/mol. The van der Waals surface area contributed by atoms with Crippen LogP contribution in [0.1, 0.15) is 28.2 Å². The SMILES string of the molecule is N#C[C@@H]1c2ccccc2C=Cc2ccc(Cl)cc21. The third-order valence-corrected chi connectivity index (χ3v) is 3.47. The van der Waals surface area contributed by atoms with Gasteiger partial charge in [-0.1, -0.05) is 54.1 Å². The third-order valence-electron chi connectivity index (χ3n) is 3.24. The molecule has 18 heavy (non-hydrogen) atoms. The molecule has 0 radical (unpaired) electrons. The molecule has 1 aliphatic rings. The number of benzene rings is 2. The van der Waals surface area contributed by atoms with E-state index in [0.717, 1.165) is 22.3 Å². The lowest BCUT2D eigenvalue weighted by molar-refractivity contribution is 1.03. The molecule has 1 atom stereocenters. The molecule has 0 saturated heterocycles. The van der Waals surface area contributed by atoms with Gasteiger partial charge in [0, 0.05) is 5.02 Å². The second-order valence-electron chi connectivity index (χ2n) is 4.30. The van der Waals surface area contributed by atoms with Crippen LogP contribution in [0, 0.1) is 11.3 Å². The number of fused-ring (bicyclic) bond motifs is 2. The van der Waals surface area contributed by atoms with Crippen molar-refractivity contribution in [3.05, 3.63) is 69.7 Å². The van der Waals surface area contributed by atoms with E-state index < -0.39 is 0 Å². The molecular weight excluding hydrogens is 242 g/mol. The first kappa shape index (κ1) is 11.1. The molecule has 2 aromatic carbocycles. The van der Waals surface area contributed by atoms with E-state index in [4.69, 9.17) is 11.6 Å². The number of rotatable bonds is 0. The van der Waals surface area contributed by atoms with Gasteiger partial charge < -0.3 is 0 Å². The predicted molar refractivity (Wildman–Crippen MR) is 74.3 cm³/mol. The van der Waals surface area contributed by atoms with Crippen LogP contribution < -0.4 is 0 Å². The summed E-state index contributed by atoms with van der Waals surface area (Å²) in [6, 6.07) is 16.1. The van der Waals surface area contributed by atoms with Crippen molar-refractivity contribution in [1.82, 2.24) is 0 Å². The summed E-state index contributed by atoms with van der Waals surface area (Å²) in [5.74, 6) is -0.259. The molecule has 3 rings (SSSR count). The Morgan fingerprint density at radius 2 is 1.67 bits per heavy atom. The summed E-state index contributed by atoms with van der Waals surface area (Å²) in [5.41, 5.74) is 4.17. The first-order chi connectivity index (χ1) is 8.79. The van der Waals surface area contributed by atoms with Crippen molar-refractivity contribution in [2.45, 2.75) is 5.92 Å². The molecule has 2 aromatic rings. The van der Waals surface area contributed by atoms with Crippen LogP contribution in [-0.2, 0) is 0 Å². The van der Waals surface area contributed by atoms with Gasteiger partial charge in [-0.05, 0) is 34.4 Å². The van der Waals surface area contributed by atoms with Crippen molar-refractivity contribution < 1.29 is 0 Å². The molecule has 0 amide bonds. The minimum atomic E-state index is -0.259. The lowest BCUT2D eigenvalue weighted by Gasteiger charge is -2.13. The van der Waals surface area contributed by atoms with Gasteiger partial charge in [0.1, 0.15) is 0 Å². The van der Waals surface area contributed by atoms with Crippen molar-refractivity contribution in [3.8, 4) is 6.07 Å². The highest BCUT2D eigenvalue weighted by Gasteiger charge is 2.20. The summed E-state index contributed by atoms with van der Waals surface area (Å²) in [6.07, 6.45) is 4.10. The third kappa shape index (κ3) is 1.72. The molecule has 0 unspecified atom stereocenters. The van der Waals surface area contributed by atoms with Crippen LogP contribution in [0.15, 0.2) is 42.5 Å². The molecule has 86 valence electrons. The fourth-order valence-electron chi connectivity index (χ4n) is 2.36. The molecule has 0 bridgehead atoms. The van der Waals surface area contributed by atoms with E-state index in [1.165, 1.54) is 0 Å². The first-order valence-corrected chi connectivity index (χ1v) is 6.13. The van der Waals surface area contributed by atoms with Gasteiger partial charge in [-0.3, -0.25) is 0 Å². The van der Waals surface area contributed by atoms with E-state index in [0.29, 0.717) is 5.02 Å². The number of hydrogen-bond donors (Lipinski definition) is 0. The molecule has 1 nitrogen and oxygen atoms in total. The Hall–Kier alpha value is -2.04. The van der Waals surface area contributed by atoms with E-state index >= 15 is 0 Å². The Morgan fingerprint density at radius 3 is 2.44 bits per heavy atom. The summed E-state index contributed by atoms with van der Waals surface area (Å²) < 4.78 is 0. The fraction of sp³-hybridized carbons (Fsp3) is 0.0625. The van der Waals surface area contributed by atoms with Crippen LogP contribution in [0.25, 0.3) is 12.2 Å². The molecule has 0 saturated carbocycles. The summed E-state index contributed by atoms with van der Waals surface area (Å²) in [4.78, 5) is 0. The second-order valence-corrected chi connectivity index (χ2v) is 4.73. The molecule has 0 N–H and O–H groups in total. The fourth-order valence-corrected chi connectivity index (χ4v) is 2.54. The zero-order valence-electron chi connectivity index (χ0n) is 9.60. The first-order valence-electron chi connectivity index (χ1n) is 5.75. The van der Waals surface area contributed by atoms with E-state index in [1.807, 2.05) is 48.5 Å². The smallest absolute Gasteiger partial charge is 0.0974 e. The van der Waals surface area contributed by atoms with Crippen molar-refractivity contribution in [1.29, 1.82) is 5.26 Å². The Balaban J connectivity index is 2.30. The number of nitriles is 1. The summed E-state index contributed by atoms with van der Waals surface area (Å²) in [7, 11) is 0. The van der Waals surface area contributed by atoms with Crippen LogP contribution in [-0.4, -0.2) is 0 Å². The van der Waals surface area contributed by atoms with Gasteiger partial charge in [-0.2, -0.15) is 5.26 Å². The van der Waals surface area contributed by atoms with E-state index in [1.54, 1.807) is 0 Å². The molecule has 0 aliphatic heterocycles. The van der Waals surface area contributed by atoms with Crippen molar-refractivity contribution >= 4 is 23.8 Å². The lowest BCUT2D eigenvalue weighted by Crippen LogP contribution is -2.01. The van der Waals surface area contributed by atoms with Gasteiger partial charge in [-0.15, -0.1) is 0 Å². The van der Waals surface area contributed by atoms with Gasteiger partial charge in [-0.25, -0.2) is 0 Å². The minimum Gasteiger partial charge on any atom is -0.197 e. The topological polar surface area (TPSA) is 23.8 Å². The van der Waals surface area contributed by atoms with Gasteiger partial charge in [0.15, 0.2) is 0 Å². The number of nitrogens with zero attached hydrogens (tertiary/aromatic N) is 1. The molecule has 0 aromatic heterocycles. The van der Waals surface area contributed by atoms with Crippen LogP contribution in [0.2, 0.25) is 5.02 Å². The zero-order chi connectivity index (χ0) is 12.5. The van der Waals surface area contributed by atoms with Crippen LogP contribution in [0.4, 0.5) is 0 Å². The number of hydrogen-bond acceptors (Lipinski definition) is 1. The number of halogens is 1. The minimum absolute atomic E-state index is 0.259. The summed E-state index contributed by atoms with van der Waals surface area (Å²) in [5, 5.41) is 10.1. The van der Waals surface area contributed by atoms with E-state index in [2.05, 4.69) is 12.1 Å². The molecule has 1 aliphatic carbocycles. The maximum absolute atomic E-state index is 9.48. The van der Waals surface area contributed by atoms with E-state index in [-0.39, 0.29) is 5.92 Å². The Bertz CT molecular complexity index is 680. The van der Waals surface area contributed by atoms with Crippen LogP contribution >= 0.6 is 11.6 Å². The maximum atomic E-state index is 9.48. The summed E-state index contributed by atoms with van der Waals surface area (Å²) in [6.45, 7) is 0. The van der Waals surface area contributed by atoms with Crippen molar-refractivity contribution in [2.75, 3.05) is 0 Å². The monoisotopic (exact) mass is 251 g/mol. The highest BCUT2D eigenvalue weighted by Crippen LogP contribution is 2.35.